The fourth-order valence-electron chi connectivity index (χ4n) is 9.50. The molecular formula is C77H132O17P2. The summed E-state index contributed by atoms with van der Waals surface area (Å²) in [6, 6.07) is 0. The molecule has 0 fully saturated rings. The highest BCUT2D eigenvalue weighted by atomic mass is 31.2. The average molecular weight is 1390 g/mol. The molecule has 3 N–H and O–H groups in total. The third-order valence-corrected chi connectivity index (χ3v) is 17.1. The minimum atomic E-state index is -4.98. The average Bonchev–Trinajstić information content (AvgIpc) is 1.17. The first-order chi connectivity index (χ1) is 46.7. The van der Waals surface area contributed by atoms with Crippen molar-refractivity contribution in [3.63, 3.8) is 0 Å². The molecule has 96 heavy (non-hydrogen) atoms. The van der Waals surface area contributed by atoms with Crippen LogP contribution in [-0.2, 0) is 65.4 Å². The lowest BCUT2D eigenvalue weighted by Gasteiger charge is -2.21. The van der Waals surface area contributed by atoms with Crippen LogP contribution in [0.25, 0.3) is 0 Å². The third-order valence-electron chi connectivity index (χ3n) is 15.2. The predicted molar refractivity (Wildman–Crippen MR) is 390 cm³/mol. The normalized spacial score (nSPS) is 14.6. The summed E-state index contributed by atoms with van der Waals surface area (Å²) < 4.78 is 68.3. The van der Waals surface area contributed by atoms with Crippen LogP contribution in [0.15, 0.2) is 109 Å². The molecule has 0 spiro atoms. The van der Waals surface area contributed by atoms with E-state index in [0.29, 0.717) is 25.7 Å². The summed E-state index contributed by atoms with van der Waals surface area (Å²) in [6.07, 6.45) is 72.3. The van der Waals surface area contributed by atoms with Crippen LogP contribution in [0.4, 0.5) is 0 Å². The van der Waals surface area contributed by atoms with Crippen LogP contribution in [0, 0.1) is 0 Å². The molecule has 0 aliphatic rings. The third kappa shape index (κ3) is 68.3. The Kier molecular flexibility index (Phi) is 66.1. The topological polar surface area (TPSA) is 237 Å². The second-order valence-corrected chi connectivity index (χ2v) is 27.4. The predicted octanol–water partition coefficient (Wildman–Crippen LogP) is 21.0. The van der Waals surface area contributed by atoms with E-state index in [1.165, 1.54) is 12.8 Å². The van der Waals surface area contributed by atoms with Gasteiger partial charge in [0.1, 0.15) is 19.3 Å². The number of carbonyl (C=O) groups excluding carboxylic acids is 4. The van der Waals surface area contributed by atoms with Crippen LogP contribution in [0.5, 0.6) is 0 Å². The number of aliphatic hydroxyl groups excluding tert-OH is 1. The number of phosphoric ester groups is 2. The molecular weight excluding hydrogens is 1260 g/mol. The molecule has 0 radical (unpaired) electrons. The Morgan fingerprint density at radius 1 is 0.302 bits per heavy atom. The lowest BCUT2D eigenvalue weighted by atomic mass is 10.1. The van der Waals surface area contributed by atoms with Crippen LogP contribution < -0.4 is 0 Å². The summed E-state index contributed by atoms with van der Waals surface area (Å²) in [5, 5.41) is 10.6. The summed E-state index contributed by atoms with van der Waals surface area (Å²) in [6.45, 7) is 4.53. The highest BCUT2D eigenvalue weighted by Crippen LogP contribution is 2.45. The van der Waals surface area contributed by atoms with E-state index in [-0.39, 0.29) is 25.7 Å². The van der Waals surface area contributed by atoms with Crippen LogP contribution in [-0.4, -0.2) is 96.7 Å². The molecule has 5 atom stereocenters. The molecule has 0 amide bonds. The van der Waals surface area contributed by atoms with Crippen LogP contribution in [0.2, 0.25) is 0 Å². The monoisotopic (exact) mass is 1390 g/mol. The molecule has 0 saturated heterocycles. The Bertz CT molecular complexity index is 2250. The van der Waals surface area contributed by atoms with Crippen molar-refractivity contribution >= 4 is 39.5 Å². The van der Waals surface area contributed by atoms with Crippen LogP contribution in [0.1, 0.15) is 297 Å². The van der Waals surface area contributed by atoms with Gasteiger partial charge in [-0.1, -0.05) is 246 Å². The molecule has 0 aromatic heterocycles. The summed E-state index contributed by atoms with van der Waals surface area (Å²) in [7, 11) is -9.95. The van der Waals surface area contributed by atoms with Crippen molar-refractivity contribution in [1.82, 2.24) is 0 Å². The fourth-order valence-corrected chi connectivity index (χ4v) is 11.1. The fraction of sp³-hybridized carbons (Fsp3) is 0.714. The zero-order valence-corrected chi connectivity index (χ0v) is 61.8. The summed E-state index contributed by atoms with van der Waals surface area (Å²) in [5.74, 6) is -2.23. The largest absolute Gasteiger partial charge is 0.472 e. The van der Waals surface area contributed by atoms with Crippen molar-refractivity contribution < 1.29 is 80.2 Å². The van der Waals surface area contributed by atoms with Crippen molar-refractivity contribution in [2.45, 2.75) is 316 Å². The molecule has 0 rings (SSSR count). The zero-order chi connectivity index (χ0) is 70.4. The number of hydrogen-bond donors (Lipinski definition) is 3. The number of hydrogen-bond acceptors (Lipinski definition) is 15. The summed E-state index contributed by atoms with van der Waals surface area (Å²) in [5.41, 5.74) is 0. The zero-order valence-electron chi connectivity index (χ0n) is 60.0. The standard InChI is InChI=1S/C77H132O17P2/c1-5-9-13-17-21-25-29-32-33-34-35-36-37-40-43-46-50-54-58-62-75(80)88-68-73(94-77(82)64-60-56-52-48-44-39-31-27-23-19-15-11-7-3)70-92-96(85,86)90-66-71(78)65-89-95(83,84)91-69-72(93-76(81)63-59-55-51-47-41-28-24-20-16-12-8-4)67-87-74(79)61-57-53-49-45-42-38-30-26-22-18-14-10-6-2/h9,13-15,18-21,24-27,30-33,35-36,71-73,78H,5-8,10-12,16-17,22-23,28-29,34,37-70H2,1-4H3,(H,83,84)(H,85,86)/b13-9-,18-14-,19-15-,24-20-,25-21-,30-26-,31-27-,33-32-,36-35-. The van der Waals surface area contributed by atoms with Gasteiger partial charge < -0.3 is 33.8 Å². The quantitative estimate of drug-likeness (QED) is 0.0169. The lowest BCUT2D eigenvalue weighted by Crippen LogP contribution is -2.30. The molecule has 0 bridgehead atoms. The SMILES string of the molecule is CC/C=C\C/C=C\C/C=C\C/C=C\CCCCCCCCC(=O)OCC(COP(=O)(O)OCC(O)COP(=O)(O)OCC(COC(=O)CCCCCCC/C=C\C/C=C\CCC)OC(=O)CCCCCCC/C=C\CCCC)OC(=O)CCCCCCC/C=C\C/C=C\CCC. The minimum Gasteiger partial charge on any atom is -0.462 e. The number of unbranched alkanes of at least 4 members (excludes halogenated alkanes) is 25. The highest BCUT2D eigenvalue weighted by molar-refractivity contribution is 7.47. The Labute approximate surface area is 581 Å². The van der Waals surface area contributed by atoms with Gasteiger partial charge in [-0.25, -0.2) is 9.13 Å². The van der Waals surface area contributed by atoms with Gasteiger partial charge in [0.15, 0.2) is 12.2 Å². The van der Waals surface area contributed by atoms with Crippen LogP contribution >= 0.6 is 15.6 Å². The molecule has 0 aromatic rings. The maximum atomic E-state index is 13.1. The molecule has 0 aliphatic heterocycles. The maximum Gasteiger partial charge on any atom is 0.472 e. The van der Waals surface area contributed by atoms with Gasteiger partial charge in [0.2, 0.25) is 0 Å². The number of allylic oxidation sites excluding steroid dienone is 18. The van der Waals surface area contributed by atoms with Crippen molar-refractivity contribution in [3.05, 3.63) is 109 Å². The van der Waals surface area contributed by atoms with E-state index in [9.17, 15) is 43.2 Å². The Hall–Kier alpha value is -4.28. The van der Waals surface area contributed by atoms with E-state index < -0.39 is 97.5 Å². The summed E-state index contributed by atoms with van der Waals surface area (Å²) >= 11 is 0. The second kappa shape index (κ2) is 69.2. The van der Waals surface area contributed by atoms with Crippen LogP contribution in [0.3, 0.4) is 0 Å². The van der Waals surface area contributed by atoms with Gasteiger partial charge in [0, 0.05) is 25.7 Å². The van der Waals surface area contributed by atoms with E-state index in [4.69, 9.17) is 37.0 Å². The number of rotatable bonds is 69. The molecule has 552 valence electrons. The number of aliphatic hydroxyl groups is 1. The van der Waals surface area contributed by atoms with Crippen molar-refractivity contribution in [2.75, 3.05) is 39.6 Å². The number of esters is 4. The molecule has 0 heterocycles. The van der Waals surface area contributed by atoms with Crippen molar-refractivity contribution in [1.29, 1.82) is 0 Å². The van der Waals surface area contributed by atoms with Gasteiger partial charge >= 0.3 is 39.5 Å². The second-order valence-electron chi connectivity index (χ2n) is 24.5. The number of phosphoric acid groups is 2. The van der Waals surface area contributed by atoms with Gasteiger partial charge in [-0.3, -0.25) is 37.3 Å². The molecule has 17 nitrogen and oxygen atoms in total. The first-order valence-electron chi connectivity index (χ1n) is 37.1. The molecule has 0 aliphatic carbocycles. The number of ether oxygens (including phenoxy) is 4. The van der Waals surface area contributed by atoms with E-state index in [1.54, 1.807) is 0 Å². The summed E-state index contributed by atoms with van der Waals surface area (Å²) in [4.78, 5) is 72.7. The smallest absolute Gasteiger partial charge is 0.462 e. The van der Waals surface area contributed by atoms with Crippen molar-refractivity contribution in [2.24, 2.45) is 0 Å². The van der Waals surface area contributed by atoms with Gasteiger partial charge in [-0.2, -0.15) is 0 Å². The van der Waals surface area contributed by atoms with E-state index >= 15 is 0 Å². The van der Waals surface area contributed by atoms with Crippen molar-refractivity contribution in [3.8, 4) is 0 Å². The van der Waals surface area contributed by atoms with Gasteiger partial charge in [-0.15, -0.1) is 0 Å². The first kappa shape index (κ1) is 91.7. The molecule has 0 aromatic carbocycles. The Morgan fingerprint density at radius 3 is 0.885 bits per heavy atom. The lowest BCUT2D eigenvalue weighted by molar-refractivity contribution is -0.161. The van der Waals surface area contributed by atoms with E-state index in [1.807, 2.05) is 0 Å². The molecule has 19 heteroatoms. The van der Waals surface area contributed by atoms with Gasteiger partial charge in [0.25, 0.3) is 0 Å². The Morgan fingerprint density at radius 2 is 0.562 bits per heavy atom. The van der Waals surface area contributed by atoms with E-state index in [0.717, 1.165) is 205 Å². The highest BCUT2D eigenvalue weighted by Gasteiger charge is 2.30. The first-order valence-corrected chi connectivity index (χ1v) is 40.1. The number of carbonyl (C=O) groups is 4. The van der Waals surface area contributed by atoms with Gasteiger partial charge in [0.05, 0.1) is 26.4 Å². The molecule has 0 saturated carbocycles. The Balaban J connectivity index is 5.33. The maximum absolute atomic E-state index is 13.1. The molecule has 5 unspecified atom stereocenters. The van der Waals surface area contributed by atoms with Gasteiger partial charge in [-0.05, 0) is 135 Å². The van der Waals surface area contributed by atoms with E-state index in [2.05, 4.69) is 137 Å². The minimum absolute atomic E-state index is 0.0736.